The fourth-order valence-corrected chi connectivity index (χ4v) is 1.70. The van der Waals surface area contributed by atoms with Crippen LogP contribution in [-0.2, 0) is 4.74 Å². The fourth-order valence-electron chi connectivity index (χ4n) is 1.70. The SMILES string of the molecule is COCCC1CNc2c(ncnc2OC)N1. The summed E-state index contributed by atoms with van der Waals surface area (Å²) in [6.45, 7) is 1.55. The van der Waals surface area contributed by atoms with Gasteiger partial charge in [-0.05, 0) is 6.42 Å². The van der Waals surface area contributed by atoms with Crippen molar-refractivity contribution in [3.8, 4) is 5.88 Å². The predicted octanol–water partition coefficient (Wildman–Crippen LogP) is 0.728. The molecule has 0 saturated heterocycles. The van der Waals surface area contributed by atoms with E-state index in [2.05, 4.69) is 20.6 Å². The van der Waals surface area contributed by atoms with Gasteiger partial charge in [-0.25, -0.2) is 4.98 Å². The normalized spacial score (nSPS) is 18.2. The zero-order valence-electron chi connectivity index (χ0n) is 9.49. The zero-order valence-corrected chi connectivity index (χ0v) is 9.49. The number of methoxy groups -OCH3 is 2. The lowest BCUT2D eigenvalue weighted by atomic mass is 10.1. The highest BCUT2D eigenvalue weighted by atomic mass is 16.5. The Labute approximate surface area is 94.4 Å². The van der Waals surface area contributed by atoms with Crippen LogP contribution in [0, 0.1) is 0 Å². The topological polar surface area (TPSA) is 68.3 Å². The Morgan fingerprint density at radius 2 is 2.31 bits per heavy atom. The number of fused-ring (bicyclic) bond motifs is 1. The highest BCUT2D eigenvalue weighted by Gasteiger charge is 2.21. The molecule has 16 heavy (non-hydrogen) atoms. The molecule has 0 aliphatic carbocycles. The third-order valence-electron chi connectivity index (χ3n) is 2.54. The van der Waals surface area contributed by atoms with Gasteiger partial charge in [-0.3, -0.25) is 0 Å². The van der Waals surface area contributed by atoms with E-state index in [1.165, 1.54) is 6.33 Å². The number of rotatable bonds is 4. The van der Waals surface area contributed by atoms with Gasteiger partial charge in [0.2, 0.25) is 5.88 Å². The Bertz CT molecular complexity index is 359. The molecule has 1 aromatic rings. The third-order valence-corrected chi connectivity index (χ3v) is 2.54. The molecule has 1 unspecified atom stereocenters. The van der Waals surface area contributed by atoms with Crippen molar-refractivity contribution in [1.82, 2.24) is 9.97 Å². The van der Waals surface area contributed by atoms with Crippen LogP contribution in [0.25, 0.3) is 0 Å². The summed E-state index contributed by atoms with van der Waals surface area (Å²) in [5.74, 6) is 1.36. The molecule has 0 bridgehead atoms. The Morgan fingerprint density at radius 1 is 1.44 bits per heavy atom. The molecule has 0 spiro atoms. The molecular weight excluding hydrogens is 208 g/mol. The van der Waals surface area contributed by atoms with Crippen molar-refractivity contribution < 1.29 is 9.47 Å². The molecule has 1 aromatic heterocycles. The molecule has 2 heterocycles. The molecule has 0 saturated carbocycles. The van der Waals surface area contributed by atoms with Crippen molar-refractivity contribution in [2.75, 3.05) is 38.0 Å². The molecule has 6 heteroatoms. The van der Waals surface area contributed by atoms with Gasteiger partial charge in [0.25, 0.3) is 0 Å². The van der Waals surface area contributed by atoms with Gasteiger partial charge in [-0.15, -0.1) is 0 Å². The summed E-state index contributed by atoms with van der Waals surface area (Å²) < 4.78 is 10.2. The van der Waals surface area contributed by atoms with Gasteiger partial charge in [-0.1, -0.05) is 0 Å². The first-order valence-electron chi connectivity index (χ1n) is 5.23. The maximum atomic E-state index is 5.15. The van der Waals surface area contributed by atoms with Crippen LogP contribution in [0.5, 0.6) is 5.88 Å². The number of hydrogen-bond donors (Lipinski definition) is 2. The lowest BCUT2D eigenvalue weighted by Crippen LogP contribution is -2.34. The van der Waals surface area contributed by atoms with Crippen LogP contribution in [0.4, 0.5) is 11.5 Å². The molecule has 1 aliphatic heterocycles. The summed E-state index contributed by atoms with van der Waals surface area (Å²) >= 11 is 0. The second kappa shape index (κ2) is 4.98. The van der Waals surface area contributed by atoms with Crippen molar-refractivity contribution >= 4 is 11.5 Å². The predicted molar refractivity (Wildman–Crippen MR) is 61.0 cm³/mol. The van der Waals surface area contributed by atoms with Crippen molar-refractivity contribution in [2.45, 2.75) is 12.5 Å². The number of nitrogens with zero attached hydrogens (tertiary/aromatic N) is 2. The first-order chi connectivity index (χ1) is 7.85. The Balaban J connectivity index is 2.09. The van der Waals surface area contributed by atoms with Gasteiger partial charge in [0.15, 0.2) is 5.82 Å². The molecule has 2 rings (SSSR count). The van der Waals surface area contributed by atoms with E-state index < -0.39 is 0 Å². The molecule has 0 aromatic carbocycles. The maximum absolute atomic E-state index is 5.15. The average Bonchev–Trinajstić information content (AvgIpc) is 2.35. The standard InChI is InChI=1S/C10H16N4O2/c1-15-4-3-7-5-11-8-9(14-7)12-6-13-10(8)16-2/h6-7,11H,3-5H2,1-2H3,(H,12,13,14). The van der Waals surface area contributed by atoms with Gasteiger partial charge in [0.1, 0.15) is 12.0 Å². The largest absolute Gasteiger partial charge is 0.479 e. The number of aromatic nitrogens is 2. The Hall–Kier alpha value is -1.56. The van der Waals surface area contributed by atoms with Crippen molar-refractivity contribution in [3.63, 3.8) is 0 Å². The second-order valence-electron chi connectivity index (χ2n) is 3.61. The molecule has 2 N–H and O–H groups in total. The van der Waals surface area contributed by atoms with Crippen LogP contribution in [0.15, 0.2) is 6.33 Å². The van der Waals surface area contributed by atoms with Crippen LogP contribution in [0.3, 0.4) is 0 Å². The van der Waals surface area contributed by atoms with Gasteiger partial charge < -0.3 is 20.1 Å². The smallest absolute Gasteiger partial charge is 0.242 e. The van der Waals surface area contributed by atoms with E-state index in [9.17, 15) is 0 Å². The van der Waals surface area contributed by atoms with Gasteiger partial charge in [0, 0.05) is 26.3 Å². The summed E-state index contributed by atoms with van der Waals surface area (Å²) in [6, 6.07) is 0.326. The molecule has 1 atom stereocenters. The summed E-state index contributed by atoms with van der Waals surface area (Å²) in [7, 11) is 3.30. The first-order valence-corrected chi connectivity index (χ1v) is 5.23. The van der Waals surface area contributed by atoms with Crippen LogP contribution < -0.4 is 15.4 Å². The van der Waals surface area contributed by atoms with Crippen LogP contribution >= 0.6 is 0 Å². The van der Waals surface area contributed by atoms with E-state index in [0.717, 1.165) is 31.1 Å². The van der Waals surface area contributed by atoms with Gasteiger partial charge in [-0.2, -0.15) is 4.98 Å². The highest BCUT2D eigenvalue weighted by Crippen LogP contribution is 2.31. The lowest BCUT2D eigenvalue weighted by Gasteiger charge is -2.27. The molecular formula is C10H16N4O2. The molecule has 6 nitrogen and oxygen atoms in total. The Kier molecular flexibility index (Phi) is 3.40. The molecule has 1 aliphatic rings. The number of nitrogens with one attached hydrogen (secondary N) is 2. The second-order valence-corrected chi connectivity index (χ2v) is 3.61. The minimum Gasteiger partial charge on any atom is -0.479 e. The van der Waals surface area contributed by atoms with Crippen LogP contribution in [0.2, 0.25) is 0 Å². The average molecular weight is 224 g/mol. The summed E-state index contributed by atoms with van der Waals surface area (Å²) in [5.41, 5.74) is 0.832. The van der Waals surface area contributed by atoms with Gasteiger partial charge in [0.05, 0.1) is 7.11 Å². The van der Waals surface area contributed by atoms with Crippen molar-refractivity contribution in [1.29, 1.82) is 0 Å². The number of hydrogen-bond acceptors (Lipinski definition) is 6. The maximum Gasteiger partial charge on any atom is 0.242 e. The van der Waals surface area contributed by atoms with E-state index in [4.69, 9.17) is 9.47 Å². The number of anilines is 2. The molecule has 88 valence electrons. The zero-order chi connectivity index (χ0) is 11.4. The minimum atomic E-state index is 0.326. The van der Waals surface area contributed by atoms with Gasteiger partial charge >= 0.3 is 0 Å². The lowest BCUT2D eigenvalue weighted by molar-refractivity contribution is 0.190. The van der Waals surface area contributed by atoms with E-state index in [-0.39, 0.29) is 0 Å². The monoisotopic (exact) mass is 224 g/mol. The molecule has 0 amide bonds. The quantitative estimate of drug-likeness (QED) is 0.785. The highest BCUT2D eigenvalue weighted by molar-refractivity contribution is 5.71. The van der Waals surface area contributed by atoms with Crippen molar-refractivity contribution in [2.24, 2.45) is 0 Å². The third kappa shape index (κ3) is 2.16. The summed E-state index contributed by atoms with van der Waals surface area (Å²) in [4.78, 5) is 8.22. The van der Waals surface area contributed by atoms with E-state index in [1.54, 1.807) is 14.2 Å². The van der Waals surface area contributed by atoms with E-state index in [1.807, 2.05) is 0 Å². The van der Waals surface area contributed by atoms with Crippen LogP contribution in [-0.4, -0.2) is 43.4 Å². The van der Waals surface area contributed by atoms with E-state index >= 15 is 0 Å². The molecule has 0 radical (unpaired) electrons. The van der Waals surface area contributed by atoms with Crippen molar-refractivity contribution in [3.05, 3.63) is 6.33 Å². The van der Waals surface area contributed by atoms with Crippen LogP contribution in [0.1, 0.15) is 6.42 Å². The summed E-state index contributed by atoms with van der Waals surface area (Å²) in [5, 5.41) is 6.61. The number of ether oxygens (including phenoxy) is 2. The molecule has 0 fully saturated rings. The summed E-state index contributed by atoms with van der Waals surface area (Å²) in [6.07, 6.45) is 2.43. The Morgan fingerprint density at radius 3 is 3.06 bits per heavy atom. The fraction of sp³-hybridized carbons (Fsp3) is 0.600. The minimum absolute atomic E-state index is 0.326. The first kappa shape index (κ1) is 10.9. The van der Waals surface area contributed by atoms with E-state index in [0.29, 0.717) is 11.9 Å².